The van der Waals surface area contributed by atoms with Gasteiger partial charge in [0.25, 0.3) is 0 Å². The van der Waals surface area contributed by atoms with Crippen LogP contribution in [0.4, 0.5) is 17.6 Å². The smallest absolute Gasteiger partial charge is 0.410 e. The lowest BCUT2D eigenvalue weighted by Gasteiger charge is -2.47. The van der Waals surface area contributed by atoms with Gasteiger partial charge in [-0.1, -0.05) is 71.1 Å². The van der Waals surface area contributed by atoms with Gasteiger partial charge in [0.2, 0.25) is 0 Å². The Balaban J connectivity index is 1.82. The first-order chi connectivity index (χ1) is 19.7. The Labute approximate surface area is 267 Å². The molecule has 0 aromatic carbocycles. The summed E-state index contributed by atoms with van der Waals surface area (Å²) in [6.45, 7) is 20.6. The predicted octanol–water partition coefficient (Wildman–Crippen LogP) is 9.33. The molecular weight excluding hydrogens is 691 g/mol. The first-order valence-electron chi connectivity index (χ1n) is 15.1. The molecule has 0 radical (unpaired) electrons. The summed E-state index contributed by atoms with van der Waals surface area (Å²) in [5, 5.41) is -0.0301. The molecule has 0 bridgehead atoms. The zero-order valence-electron chi connectivity index (χ0n) is 26.5. The largest absolute Gasteiger partial charge is 0.417 e. The molecule has 2 aromatic heterocycles. The van der Waals surface area contributed by atoms with Crippen LogP contribution in [0.15, 0.2) is 12.3 Å². The van der Waals surface area contributed by atoms with Gasteiger partial charge in [0.15, 0.2) is 8.32 Å². The fourth-order valence-corrected chi connectivity index (χ4v) is 8.81. The van der Waals surface area contributed by atoms with Crippen molar-refractivity contribution in [2.24, 2.45) is 5.41 Å². The molecule has 4 atom stereocenters. The lowest BCUT2D eigenvalue weighted by atomic mass is 9.70. The van der Waals surface area contributed by atoms with Crippen molar-refractivity contribution >= 4 is 30.9 Å². The van der Waals surface area contributed by atoms with E-state index in [-0.39, 0.29) is 32.1 Å². The third-order valence-electron chi connectivity index (χ3n) is 9.72. The highest BCUT2D eigenvalue weighted by atomic mass is 127. The molecule has 2 aromatic rings. The number of pyridine rings is 2. The zero-order chi connectivity index (χ0) is 31.9. The summed E-state index contributed by atoms with van der Waals surface area (Å²) in [5.41, 5.74) is 2.26. The lowest BCUT2D eigenvalue weighted by Crippen LogP contribution is -2.47. The van der Waals surface area contributed by atoms with E-state index in [9.17, 15) is 13.2 Å². The van der Waals surface area contributed by atoms with E-state index < -0.39 is 37.6 Å². The van der Waals surface area contributed by atoms with Crippen LogP contribution < -0.4 is 0 Å². The van der Waals surface area contributed by atoms with E-state index in [1.807, 2.05) is 13.8 Å². The molecule has 3 unspecified atom stereocenters. The molecular formula is C32H43F4IN2O3Si. The van der Waals surface area contributed by atoms with Gasteiger partial charge < -0.3 is 13.9 Å². The van der Waals surface area contributed by atoms with Gasteiger partial charge in [-0.2, -0.15) is 13.2 Å². The predicted molar refractivity (Wildman–Crippen MR) is 168 cm³/mol. The van der Waals surface area contributed by atoms with Crippen LogP contribution in [0.3, 0.4) is 0 Å². The summed E-state index contributed by atoms with van der Waals surface area (Å²) in [7, 11) is -2.26. The summed E-state index contributed by atoms with van der Waals surface area (Å²) < 4.78 is 76.0. The Hall–Kier alpha value is -1.15. The van der Waals surface area contributed by atoms with Gasteiger partial charge in [0.05, 0.1) is 22.2 Å². The van der Waals surface area contributed by atoms with Crippen LogP contribution in [0.25, 0.3) is 0 Å². The molecule has 0 amide bonds. The normalized spacial score (nSPS) is 27.5. The Morgan fingerprint density at radius 1 is 1.14 bits per heavy atom. The average molecular weight is 735 g/mol. The van der Waals surface area contributed by atoms with Crippen LogP contribution in [0.2, 0.25) is 18.1 Å². The van der Waals surface area contributed by atoms with E-state index in [0.29, 0.717) is 31.9 Å². The molecule has 1 spiro atoms. The molecule has 5 nitrogen and oxygen atoms in total. The molecule has 238 valence electrons. The Morgan fingerprint density at radius 3 is 2.37 bits per heavy atom. The third kappa shape index (κ3) is 5.83. The Morgan fingerprint density at radius 2 is 1.81 bits per heavy atom. The van der Waals surface area contributed by atoms with Gasteiger partial charge in [0, 0.05) is 47.3 Å². The number of aromatic nitrogens is 2. The van der Waals surface area contributed by atoms with Crippen molar-refractivity contribution in [3.63, 3.8) is 0 Å². The first-order valence-corrected chi connectivity index (χ1v) is 19.2. The van der Waals surface area contributed by atoms with E-state index in [2.05, 4.69) is 75.3 Å². The second-order valence-corrected chi connectivity index (χ2v) is 21.2. The van der Waals surface area contributed by atoms with E-state index in [0.717, 1.165) is 40.9 Å². The van der Waals surface area contributed by atoms with E-state index in [1.165, 1.54) is 0 Å². The number of rotatable bonds is 4. The van der Waals surface area contributed by atoms with Gasteiger partial charge in [-0.15, -0.1) is 0 Å². The fraction of sp³-hybridized carbons (Fsp3) is 0.688. The highest BCUT2D eigenvalue weighted by Gasteiger charge is 2.57. The van der Waals surface area contributed by atoms with Crippen LogP contribution >= 0.6 is 22.6 Å². The van der Waals surface area contributed by atoms with E-state index >= 15 is 4.39 Å². The van der Waals surface area contributed by atoms with Gasteiger partial charge in [-0.25, -0.2) is 4.39 Å². The fourth-order valence-electron chi connectivity index (χ4n) is 6.52. The molecule has 43 heavy (non-hydrogen) atoms. The highest BCUT2D eigenvalue weighted by Crippen LogP contribution is 2.60. The molecule has 5 rings (SSSR count). The van der Waals surface area contributed by atoms with Crippen molar-refractivity contribution in [1.82, 2.24) is 9.97 Å². The second kappa shape index (κ2) is 11.0. The van der Waals surface area contributed by atoms with Crippen LogP contribution in [0.5, 0.6) is 0 Å². The van der Waals surface area contributed by atoms with Crippen LogP contribution in [0, 0.1) is 11.2 Å². The van der Waals surface area contributed by atoms with Crippen molar-refractivity contribution in [1.29, 1.82) is 0 Å². The van der Waals surface area contributed by atoms with Crippen molar-refractivity contribution in [2.75, 3.05) is 13.2 Å². The summed E-state index contributed by atoms with van der Waals surface area (Å²) >= 11 is 2.36. The van der Waals surface area contributed by atoms with Gasteiger partial charge >= 0.3 is 6.18 Å². The maximum atomic E-state index is 15.7. The monoisotopic (exact) mass is 734 g/mol. The average Bonchev–Trinajstić information content (AvgIpc) is 3.18. The van der Waals surface area contributed by atoms with Crippen LogP contribution in [0.1, 0.15) is 119 Å². The van der Waals surface area contributed by atoms with Gasteiger partial charge in [-0.05, 0) is 48.4 Å². The molecule has 1 aliphatic carbocycles. The molecule has 2 aliphatic heterocycles. The van der Waals surface area contributed by atoms with E-state index in [1.54, 1.807) is 0 Å². The second-order valence-electron chi connectivity index (χ2n) is 15.0. The van der Waals surface area contributed by atoms with Crippen LogP contribution in [-0.2, 0) is 32.1 Å². The van der Waals surface area contributed by atoms with Crippen molar-refractivity contribution in [3.8, 4) is 0 Å². The maximum Gasteiger partial charge on any atom is 0.417 e. The van der Waals surface area contributed by atoms with E-state index in [4.69, 9.17) is 18.9 Å². The molecule has 1 fully saturated rings. The molecule has 3 aliphatic rings. The third-order valence-corrected chi connectivity index (χ3v) is 15.6. The minimum absolute atomic E-state index is 0.0301. The molecule has 1 saturated heterocycles. The number of ether oxygens (including phenoxy) is 2. The number of hydrogen-bond acceptors (Lipinski definition) is 5. The number of alkyl halides is 4. The summed E-state index contributed by atoms with van der Waals surface area (Å²) in [5.74, 6) is -1.09. The van der Waals surface area contributed by atoms with Crippen LogP contribution in [-0.4, -0.2) is 35.4 Å². The quantitative estimate of drug-likeness (QED) is 0.136. The molecule has 0 N–H and O–H groups in total. The van der Waals surface area contributed by atoms with Crippen molar-refractivity contribution in [3.05, 3.63) is 57.4 Å². The highest BCUT2D eigenvalue weighted by molar-refractivity contribution is 14.1. The van der Waals surface area contributed by atoms with Gasteiger partial charge in [-0.3, -0.25) is 9.97 Å². The standard InChI is InChI=1S/C32H43F4IN2O3Si/c1-17(2)26-24-25(23-20(39-26)13-30(6,7)14-21(23)42-43(8,9)29(3,4)5)31(10-11-40-16-22(31)37)41-28(24)27-19(33)12-18(15-38-27)32(34,35)36/h12,15,17,21-22,28H,10-11,13-14,16H2,1-9H3/t21?,22?,28-,31?/m0/s1. The minimum Gasteiger partial charge on any atom is -0.410 e. The summed E-state index contributed by atoms with van der Waals surface area (Å²) in [6, 6.07) is 0.522. The number of halogens is 5. The van der Waals surface area contributed by atoms with Crippen molar-refractivity contribution < 1.29 is 31.5 Å². The summed E-state index contributed by atoms with van der Waals surface area (Å²) in [4.78, 5) is 9.35. The Kier molecular flexibility index (Phi) is 8.48. The molecule has 0 saturated carbocycles. The lowest BCUT2D eigenvalue weighted by molar-refractivity contribution is -0.138. The van der Waals surface area contributed by atoms with Gasteiger partial charge in [0.1, 0.15) is 23.2 Å². The first kappa shape index (κ1) is 33.2. The maximum absolute atomic E-state index is 15.7. The molecule has 4 heterocycles. The number of nitrogens with zero attached hydrogens (tertiary/aromatic N) is 2. The SMILES string of the molecule is CC(C)c1nc2c(c3c1[C@@H](c1ncc(C(F)(F)F)cc1F)OC31CCOCC1I)C(O[Si](C)(C)C(C)(C)C)CC(C)(C)C2. The minimum atomic E-state index is -4.71. The zero-order valence-corrected chi connectivity index (χ0v) is 29.7. The number of fused-ring (bicyclic) bond motifs is 4. The Bertz CT molecular complexity index is 1410. The topological polar surface area (TPSA) is 53.5 Å². The molecule has 11 heteroatoms. The van der Waals surface area contributed by atoms with Crippen molar-refractivity contribution in [2.45, 2.75) is 120 Å². The number of hydrogen-bond donors (Lipinski definition) is 0. The summed E-state index contributed by atoms with van der Waals surface area (Å²) in [6.07, 6.45) is -3.20.